The molecule has 0 amide bonds. The highest BCUT2D eigenvalue weighted by Crippen LogP contribution is 2.49. The Bertz CT molecular complexity index is 623. The highest BCUT2D eigenvalue weighted by atomic mass is 16.5. The zero-order valence-corrected chi connectivity index (χ0v) is 17.3. The maximum atomic E-state index is 10.7. The van der Waals surface area contributed by atoms with Gasteiger partial charge in [0.15, 0.2) is 0 Å². The Morgan fingerprint density at radius 1 is 0.897 bits per heavy atom. The molecule has 6 atom stereocenters. The van der Waals surface area contributed by atoms with Gasteiger partial charge in [0.25, 0.3) is 0 Å². The number of carbonyl (C=O) groups excluding carboxylic acids is 3. The van der Waals surface area contributed by atoms with Crippen LogP contribution in [0.5, 0.6) is 0 Å². The largest absolute Gasteiger partial charge is 0.377 e. The molecule has 0 aromatic heterocycles. The van der Waals surface area contributed by atoms with Crippen LogP contribution in [0.4, 0.5) is 0 Å². The van der Waals surface area contributed by atoms with E-state index in [2.05, 4.69) is 4.79 Å². The van der Waals surface area contributed by atoms with E-state index < -0.39 is 0 Å². The van der Waals surface area contributed by atoms with Crippen molar-refractivity contribution < 1.29 is 33.4 Å². The van der Waals surface area contributed by atoms with E-state index in [0.717, 1.165) is 45.5 Å². The van der Waals surface area contributed by atoms with Gasteiger partial charge in [0.1, 0.15) is 11.6 Å². The second-order valence-electron chi connectivity index (χ2n) is 7.71. The van der Waals surface area contributed by atoms with Gasteiger partial charge in [-0.2, -0.15) is 4.79 Å². The average molecular weight is 406 g/mol. The van der Waals surface area contributed by atoms with Gasteiger partial charge in [0, 0.05) is 43.8 Å². The van der Waals surface area contributed by atoms with Crippen LogP contribution in [0, 0.1) is 23.7 Å². The molecule has 0 N–H and O–H groups in total. The number of hydrogen-bond donors (Lipinski definition) is 0. The molecule has 0 aromatic carbocycles. The molecule has 160 valence electrons. The highest BCUT2D eigenvalue weighted by molar-refractivity contribution is 6.23. The number of carbonyl (C=O) groups is 3. The van der Waals surface area contributed by atoms with E-state index in [1.807, 2.05) is 12.2 Å². The van der Waals surface area contributed by atoms with Crippen molar-refractivity contribution in [1.82, 2.24) is 0 Å². The number of ether oxygens (including phenoxy) is 3. The minimum Gasteiger partial charge on any atom is -0.377 e. The van der Waals surface area contributed by atoms with Crippen molar-refractivity contribution in [3.05, 3.63) is 17.7 Å². The summed E-state index contributed by atoms with van der Waals surface area (Å²) in [4.78, 5) is 33.7. The predicted molar refractivity (Wildman–Crippen MR) is 104 cm³/mol. The lowest BCUT2D eigenvalue weighted by atomic mass is 10.2. The van der Waals surface area contributed by atoms with Crippen LogP contribution in [0.3, 0.4) is 0 Å². The Kier molecular flexibility index (Phi) is 9.04. The van der Waals surface area contributed by atoms with Gasteiger partial charge in [-0.1, -0.05) is 12.2 Å². The first-order valence-electron chi connectivity index (χ1n) is 10.0. The standard InChI is InChI=1S/2C7H10O2.C4H6O.C3H4N2O/c2*1-4(8)6-5-2-3-9-7(5)6;1-2-4-5-3-1;1-3(6)2-5-4/h2*5-7H,2-3H2,1H3;1-2H,3-4H2;2H,1H3. The molecule has 2 saturated carbocycles. The zero-order valence-electron chi connectivity index (χ0n) is 17.3. The van der Waals surface area contributed by atoms with Crippen molar-refractivity contribution >= 4 is 23.6 Å². The van der Waals surface area contributed by atoms with Crippen LogP contribution in [0.2, 0.25) is 0 Å². The summed E-state index contributed by atoms with van der Waals surface area (Å²) >= 11 is 0. The van der Waals surface area contributed by atoms with E-state index in [9.17, 15) is 14.4 Å². The lowest BCUT2D eigenvalue weighted by Gasteiger charge is -1.96. The lowest BCUT2D eigenvalue weighted by Crippen LogP contribution is -2.04. The zero-order chi connectivity index (χ0) is 21.4. The second kappa shape index (κ2) is 11.3. The SMILES string of the molecule is C1=CCOC1.CC(=O)C1C2CCOC21.CC(=O)C1C2CCOC21.CC(=O)C=[N+]=[N-]. The summed E-state index contributed by atoms with van der Waals surface area (Å²) in [5.41, 5.74) is 7.59. The molecular formula is C21H30N2O6. The van der Waals surface area contributed by atoms with Crippen molar-refractivity contribution in [3.8, 4) is 0 Å². The molecule has 29 heavy (non-hydrogen) atoms. The molecule has 0 bridgehead atoms. The maximum Gasteiger partial charge on any atom is 0.322 e. The van der Waals surface area contributed by atoms with E-state index in [4.69, 9.17) is 19.7 Å². The van der Waals surface area contributed by atoms with Crippen molar-refractivity contribution in [2.75, 3.05) is 26.4 Å². The summed E-state index contributed by atoms with van der Waals surface area (Å²) in [6.07, 6.45) is 7.72. The number of fused-ring (bicyclic) bond motifs is 2. The Labute approximate surface area is 171 Å². The molecule has 0 aromatic rings. The fraction of sp³-hybridized carbons (Fsp3) is 0.714. The van der Waals surface area contributed by atoms with Gasteiger partial charge in [-0.15, -0.1) is 0 Å². The molecule has 0 radical (unpaired) electrons. The monoisotopic (exact) mass is 406 g/mol. The number of ketones is 3. The van der Waals surface area contributed by atoms with E-state index in [-0.39, 0.29) is 17.6 Å². The highest BCUT2D eigenvalue weighted by Gasteiger charge is 2.57. The molecular weight excluding hydrogens is 376 g/mol. The first kappa shape index (κ1) is 23.3. The Hall–Kier alpha value is -1.99. The van der Waals surface area contributed by atoms with Crippen LogP contribution in [-0.2, 0) is 28.6 Å². The van der Waals surface area contributed by atoms with E-state index in [1.54, 1.807) is 13.8 Å². The van der Waals surface area contributed by atoms with Gasteiger partial charge >= 0.3 is 6.21 Å². The molecule has 2 aliphatic carbocycles. The molecule has 5 aliphatic rings. The average Bonchev–Trinajstić information content (AvgIpc) is 3.23. The molecule has 6 unspecified atom stereocenters. The number of rotatable bonds is 3. The van der Waals surface area contributed by atoms with Crippen molar-refractivity contribution in [3.63, 3.8) is 0 Å². The molecule has 8 heteroatoms. The van der Waals surface area contributed by atoms with Crippen molar-refractivity contribution in [1.29, 1.82) is 0 Å². The molecule has 8 nitrogen and oxygen atoms in total. The van der Waals surface area contributed by atoms with Crippen molar-refractivity contribution in [2.45, 2.75) is 45.8 Å². The summed E-state index contributed by atoms with van der Waals surface area (Å²) in [7, 11) is 0. The Morgan fingerprint density at radius 2 is 1.34 bits per heavy atom. The third-order valence-electron chi connectivity index (χ3n) is 5.49. The fourth-order valence-electron chi connectivity index (χ4n) is 3.99. The van der Waals surface area contributed by atoms with Gasteiger partial charge in [0.2, 0.25) is 5.78 Å². The summed E-state index contributed by atoms with van der Waals surface area (Å²) in [5.74, 6) is 2.12. The van der Waals surface area contributed by atoms with Gasteiger partial charge < -0.3 is 19.7 Å². The molecule has 0 spiro atoms. The lowest BCUT2D eigenvalue weighted by molar-refractivity contribution is -0.120. The third kappa shape index (κ3) is 7.08. The molecule has 3 aliphatic heterocycles. The minimum absolute atomic E-state index is 0.252. The molecule has 4 fully saturated rings. The van der Waals surface area contributed by atoms with Gasteiger partial charge in [-0.3, -0.25) is 14.4 Å². The number of nitrogens with zero attached hydrogens (tertiary/aromatic N) is 2. The summed E-state index contributed by atoms with van der Waals surface area (Å²) in [5, 5.41) is 0. The molecule has 5 rings (SSSR count). The predicted octanol–water partition coefficient (Wildman–Crippen LogP) is 1.67. The molecule has 3 heterocycles. The smallest absolute Gasteiger partial charge is 0.322 e. The summed E-state index contributed by atoms with van der Waals surface area (Å²) in [6.45, 7) is 8.01. The van der Waals surface area contributed by atoms with Crippen LogP contribution >= 0.6 is 0 Å². The summed E-state index contributed by atoms with van der Waals surface area (Å²) in [6, 6.07) is 0. The summed E-state index contributed by atoms with van der Waals surface area (Å²) < 4.78 is 15.4. The molecule has 2 saturated heterocycles. The van der Waals surface area contributed by atoms with E-state index >= 15 is 0 Å². The van der Waals surface area contributed by atoms with Crippen LogP contribution in [0.25, 0.3) is 5.53 Å². The second-order valence-corrected chi connectivity index (χ2v) is 7.71. The topological polar surface area (TPSA) is 115 Å². The van der Waals surface area contributed by atoms with Gasteiger partial charge in [-0.05, 0) is 26.7 Å². The first-order valence-corrected chi connectivity index (χ1v) is 10.0. The van der Waals surface area contributed by atoms with E-state index in [0.29, 0.717) is 35.6 Å². The van der Waals surface area contributed by atoms with Crippen LogP contribution in [0.15, 0.2) is 12.2 Å². The Balaban J connectivity index is 0.000000143. The van der Waals surface area contributed by atoms with E-state index in [1.165, 1.54) is 6.92 Å². The van der Waals surface area contributed by atoms with Gasteiger partial charge in [-0.25, -0.2) is 0 Å². The first-order chi connectivity index (χ1) is 13.9. The third-order valence-corrected chi connectivity index (χ3v) is 5.49. The Morgan fingerprint density at radius 3 is 1.48 bits per heavy atom. The quantitative estimate of drug-likeness (QED) is 0.305. The van der Waals surface area contributed by atoms with Gasteiger partial charge in [0.05, 0.1) is 25.4 Å². The maximum absolute atomic E-state index is 10.7. The van der Waals surface area contributed by atoms with Crippen LogP contribution in [-0.4, -0.2) is 67.0 Å². The van der Waals surface area contributed by atoms with Crippen molar-refractivity contribution in [2.24, 2.45) is 23.7 Å². The normalized spacial score (nSPS) is 33.8. The fourth-order valence-corrected chi connectivity index (χ4v) is 3.99. The van der Waals surface area contributed by atoms with Crippen LogP contribution in [0.1, 0.15) is 33.6 Å². The van der Waals surface area contributed by atoms with Crippen LogP contribution < -0.4 is 0 Å². The number of hydrogen-bond acceptors (Lipinski definition) is 6. The number of Topliss-reactive ketones (excluding diaryl/α,β-unsaturated/α-hetero) is 3. The minimum atomic E-state index is -0.252.